The van der Waals surface area contributed by atoms with Crippen molar-refractivity contribution in [3.8, 4) is 0 Å². The zero-order valence-electron chi connectivity index (χ0n) is 6.93. The van der Waals surface area contributed by atoms with Gasteiger partial charge >= 0.3 is 0 Å². The van der Waals surface area contributed by atoms with Gasteiger partial charge < -0.3 is 0 Å². The van der Waals surface area contributed by atoms with Gasteiger partial charge in [0, 0.05) is 35.5 Å². The summed E-state index contributed by atoms with van der Waals surface area (Å²) >= 11 is 2.52. The molecule has 2 fully saturated rings. The van der Waals surface area contributed by atoms with E-state index in [-0.39, 0.29) is 0 Å². The maximum absolute atomic E-state index is 2.56. The third kappa shape index (κ3) is 1.72. The molecule has 1 nitrogen and oxygen atoms in total. The summed E-state index contributed by atoms with van der Waals surface area (Å²) in [6.07, 6.45) is 8.87. The second kappa shape index (κ2) is 3.60. The minimum Gasteiger partial charge on any atom is -0.244 e. The number of hydrogen-bond acceptors (Lipinski definition) is 1. The highest BCUT2D eigenvalue weighted by molar-refractivity contribution is 14.1. The Bertz CT molecular complexity index is 136. The van der Waals surface area contributed by atoms with Crippen molar-refractivity contribution in [1.82, 2.24) is 3.11 Å². The monoisotopic (exact) mass is 265 g/mol. The molecule has 2 aliphatic rings. The Labute approximate surface area is 83.0 Å². The molecular weight excluding hydrogens is 249 g/mol. The first-order chi connectivity index (χ1) is 5.38. The molecule has 64 valence electrons. The van der Waals surface area contributed by atoms with Crippen LogP contribution in [0, 0.1) is 5.92 Å². The maximum atomic E-state index is 2.56. The predicted molar refractivity (Wildman–Crippen MR) is 55.7 cm³/mol. The van der Waals surface area contributed by atoms with E-state index in [0.717, 1.165) is 12.0 Å². The first-order valence-electron chi connectivity index (χ1n) is 4.80. The summed E-state index contributed by atoms with van der Waals surface area (Å²) in [4.78, 5) is 0. The quantitative estimate of drug-likeness (QED) is 0.480. The Morgan fingerprint density at radius 1 is 1.00 bits per heavy atom. The lowest BCUT2D eigenvalue weighted by Gasteiger charge is -2.40. The Balaban J connectivity index is 1.99. The van der Waals surface area contributed by atoms with Crippen molar-refractivity contribution in [2.24, 2.45) is 5.92 Å². The van der Waals surface area contributed by atoms with E-state index < -0.39 is 0 Å². The van der Waals surface area contributed by atoms with Gasteiger partial charge in [0.15, 0.2) is 0 Å². The average Bonchev–Trinajstić information content (AvgIpc) is 2.06. The van der Waals surface area contributed by atoms with Crippen molar-refractivity contribution in [1.29, 1.82) is 0 Å². The third-order valence-corrected chi connectivity index (χ3v) is 4.37. The Morgan fingerprint density at radius 2 is 1.73 bits per heavy atom. The van der Waals surface area contributed by atoms with Gasteiger partial charge in [0.05, 0.1) is 0 Å². The number of hydrogen-bond donors (Lipinski definition) is 0. The molecule has 1 saturated heterocycles. The van der Waals surface area contributed by atoms with Crippen LogP contribution in [0.15, 0.2) is 0 Å². The molecule has 0 aromatic rings. The van der Waals surface area contributed by atoms with Crippen LogP contribution in [0.25, 0.3) is 0 Å². The molecule has 2 heteroatoms. The Morgan fingerprint density at radius 3 is 2.55 bits per heavy atom. The summed E-state index contributed by atoms with van der Waals surface area (Å²) in [5.41, 5.74) is 0. The van der Waals surface area contributed by atoms with Crippen LogP contribution in [0.4, 0.5) is 0 Å². The highest BCUT2D eigenvalue weighted by atomic mass is 127. The van der Waals surface area contributed by atoms with Gasteiger partial charge in [-0.1, -0.05) is 12.8 Å². The molecule has 0 bridgehead atoms. The minimum atomic E-state index is 0.943. The van der Waals surface area contributed by atoms with Crippen molar-refractivity contribution in [3.63, 3.8) is 0 Å². The lowest BCUT2D eigenvalue weighted by Crippen LogP contribution is -2.40. The number of rotatable bonds is 0. The van der Waals surface area contributed by atoms with Crippen molar-refractivity contribution < 1.29 is 0 Å². The fraction of sp³-hybridized carbons (Fsp3) is 1.00. The second-order valence-corrected chi connectivity index (χ2v) is 5.12. The van der Waals surface area contributed by atoms with Gasteiger partial charge in [-0.2, -0.15) is 0 Å². The first-order valence-corrected chi connectivity index (χ1v) is 5.77. The summed E-state index contributed by atoms with van der Waals surface area (Å²) in [6, 6.07) is 0.943. The van der Waals surface area contributed by atoms with Crippen molar-refractivity contribution >= 4 is 22.9 Å². The first kappa shape index (κ1) is 8.30. The van der Waals surface area contributed by atoms with Crippen molar-refractivity contribution in [2.75, 3.05) is 6.54 Å². The van der Waals surface area contributed by atoms with E-state index in [1.54, 1.807) is 0 Å². The van der Waals surface area contributed by atoms with E-state index in [4.69, 9.17) is 0 Å². The molecule has 0 radical (unpaired) electrons. The summed E-state index contributed by atoms with van der Waals surface area (Å²) in [5, 5.41) is 0. The molecule has 2 rings (SSSR count). The number of piperidine rings is 1. The van der Waals surface area contributed by atoms with Gasteiger partial charge in [-0.05, 0) is 31.6 Å². The molecule has 0 aromatic heterocycles. The van der Waals surface area contributed by atoms with Crippen LogP contribution in [-0.4, -0.2) is 15.7 Å². The smallest absolute Gasteiger partial charge is 0.0222 e. The molecule has 0 spiro atoms. The zero-order valence-corrected chi connectivity index (χ0v) is 9.09. The van der Waals surface area contributed by atoms with Crippen LogP contribution in [0.5, 0.6) is 0 Å². The maximum Gasteiger partial charge on any atom is 0.0222 e. The molecule has 1 aliphatic heterocycles. The molecule has 0 N–H and O–H groups in total. The number of nitrogens with zero attached hydrogens (tertiary/aromatic N) is 1. The van der Waals surface area contributed by atoms with E-state index in [1.807, 2.05) is 0 Å². The van der Waals surface area contributed by atoms with Gasteiger partial charge in [-0.25, -0.2) is 3.11 Å². The van der Waals surface area contributed by atoms with E-state index in [2.05, 4.69) is 26.0 Å². The van der Waals surface area contributed by atoms with Gasteiger partial charge in [0.1, 0.15) is 0 Å². The summed E-state index contributed by atoms with van der Waals surface area (Å²) in [7, 11) is 0. The zero-order chi connectivity index (χ0) is 7.68. The van der Waals surface area contributed by atoms with Gasteiger partial charge in [0.2, 0.25) is 0 Å². The fourth-order valence-corrected chi connectivity index (χ4v) is 3.64. The molecule has 2 atom stereocenters. The summed E-state index contributed by atoms with van der Waals surface area (Å²) in [5.74, 6) is 1.05. The summed E-state index contributed by atoms with van der Waals surface area (Å²) < 4.78 is 2.56. The topological polar surface area (TPSA) is 3.24 Å². The predicted octanol–water partition coefficient (Wildman–Crippen LogP) is 2.99. The Kier molecular flexibility index (Phi) is 2.72. The lowest BCUT2D eigenvalue weighted by molar-refractivity contribution is 0.153. The van der Waals surface area contributed by atoms with Gasteiger partial charge in [0.25, 0.3) is 0 Å². The van der Waals surface area contributed by atoms with Crippen LogP contribution < -0.4 is 0 Å². The fourth-order valence-electron chi connectivity index (χ4n) is 2.56. The van der Waals surface area contributed by atoms with Crippen LogP contribution in [0.2, 0.25) is 0 Å². The van der Waals surface area contributed by atoms with Gasteiger partial charge in [-0.3, -0.25) is 0 Å². The number of halogens is 1. The summed E-state index contributed by atoms with van der Waals surface area (Å²) in [6.45, 7) is 1.34. The van der Waals surface area contributed by atoms with Crippen LogP contribution in [0.1, 0.15) is 38.5 Å². The van der Waals surface area contributed by atoms with Gasteiger partial charge in [-0.15, -0.1) is 0 Å². The van der Waals surface area contributed by atoms with Crippen molar-refractivity contribution in [3.05, 3.63) is 0 Å². The second-order valence-electron chi connectivity index (χ2n) is 3.88. The Hall–Kier alpha value is 0.690. The van der Waals surface area contributed by atoms with Crippen LogP contribution in [0.3, 0.4) is 0 Å². The molecule has 1 aliphatic carbocycles. The molecule has 0 aromatic carbocycles. The molecule has 11 heavy (non-hydrogen) atoms. The SMILES string of the molecule is IN1CCC[C@H]2CCCC[C@@H]21. The average molecular weight is 265 g/mol. The lowest BCUT2D eigenvalue weighted by atomic mass is 9.80. The largest absolute Gasteiger partial charge is 0.244 e. The highest BCUT2D eigenvalue weighted by Crippen LogP contribution is 2.36. The van der Waals surface area contributed by atoms with E-state index >= 15 is 0 Å². The van der Waals surface area contributed by atoms with Crippen LogP contribution >= 0.6 is 22.9 Å². The minimum absolute atomic E-state index is 0.943. The van der Waals surface area contributed by atoms with Crippen molar-refractivity contribution in [2.45, 2.75) is 44.6 Å². The molecule has 0 amide bonds. The van der Waals surface area contributed by atoms with E-state index in [9.17, 15) is 0 Å². The standard InChI is InChI=1S/C9H16IN/c10-11-7-3-5-8-4-1-2-6-9(8)11/h8-9H,1-7H2/t8-,9+/m1/s1. The number of fused-ring (bicyclic) bond motifs is 1. The van der Waals surface area contributed by atoms with Crippen LogP contribution in [-0.2, 0) is 0 Å². The molecule has 1 heterocycles. The van der Waals surface area contributed by atoms with E-state index in [0.29, 0.717) is 0 Å². The molecular formula is C9H16IN. The molecule has 0 unspecified atom stereocenters. The molecule has 1 saturated carbocycles. The normalized spacial score (nSPS) is 40.1. The third-order valence-electron chi connectivity index (χ3n) is 3.18. The van der Waals surface area contributed by atoms with E-state index in [1.165, 1.54) is 45.1 Å². The highest BCUT2D eigenvalue weighted by Gasteiger charge is 2.31.